The molecule has 10 heteroatoms. The number of carbonyl (C=O) groups is 1. The summed E-state index contributed by atoms with van der Waals surface area (Å²) in [5.74, 6) is -0.173. The molecule has 2 aromatic carbocycles. The van der Waals surface area contributed by atoms with Crippen LogP contribution >= 0.6 is 0 Å². The predicted molar refractivity (Wildman–Crippen MR) is 142 cm³/mol. The van der Waals surface area contributed by atoms with Crippen molar-refractivity contribution >= 4 is 5.91 Å². The first-order valence-corrected chi connectivity index (χ1v) is 13.8. The number of hydrogen-bond donors (Lipinski definition) is 1. The Bertz CT molecular complexity index is 1200. The zero-order chi connectivity index (χ0) is 28.5. The SMILES string of the molecule is COCCCNC(=O)C1C[C@]2(c3ccccc3)N(C)[C@H]1CC[C@@]21C[C@@H](c2cc(OC(F)(F)F)ccc2OC)CO1. The summed E-state index contributed by atoms with van der Waals surface area (Å²) in [6.07, 6.45) is -1.36. The first-order chi connectivity index (χ1) is 19.1. The van der Waals surface area contributed by atoms with Crippen molar-refractivity contribution in [1.82, 2.24) is 10.2 Å². The summed E-state index contributed by atoms with van der Waals surface area (Å²) in [5, 5.41) is 3.11. The molecule has 1 amide bonds. The molecular formula is C30H37F3N2O5. The van der Waals surface area contributed by atoms with Gasteiger partial charge in [0.15, 0.2) is 0 Å². The lowest BCUT2D eigenvalue weighted by molar-refractivity contribution is -0.274. The topological polar surface area (TPSA) is 69.3 Å². The lowest BCUT2D eigenvalue weighted by Crippen LogP contribution is -2.62. The number of carbonyl (C=O) groups excluding carboxylic acids is 1. The Morgan fingerprint density at radius 1 is 1.15 bits per heavy atom. The van der Waals surface area contributed by atoms with Crippen molar-refractivity contribution in [1.29, 1.82) is 0 Å². The fourth-order valence-corrected chi connectivity index (χ4v) is 7.43. The van der Waals surface area contributed by atoms with Gasteiger partial charge in [-0.1, -0.05) is 30.3 Å². The second-order valence-electron chi connectivity index (χ2n) is 11.0. The fourth-order valence-electron chi connectivity index (χ4n) is 7.43. The molecule has 2 bridgehead atoms. The van der Waals surface area contributed by atoms with Crippen molar-refractivity contribution in [3.8, 4) is 11.5 Å². The molecule has 0 saturated carbocycles. The summed E-state index contributed by atoms with van der Waals surface area (Å²) in [4.78, 5) is 15.8. The maximum atomic E-state index is 13.5. The molecule has 0 aromatic heterocycles. The van der Waals surface area contributed by atoms with Crippen molar-refractivity contribution in [2.45, 2.75) is 61.6 Å². The van der Waals surface area contributed by atoms with Crippen molar-refractivity contribution in [2.24, 2.45) is 5.92 Å². The number of likely N-dealkylation sites (N-methyl/N-ethyl adjacent to an activating group) is 1. The molecule has 1 spiro atoms. The molecule has 7 nitrogen and oxygen atoms in total. The monoisotopic (exact) mass is 562 g/mol. The van der Waals surface area contributed by atoms with E-state index in [9.17, 15) is 18.0 Å². The van der Waals surface area contributed by atoms with E-state index in [1.165, 1.54) is 25.3 Å². The van der Waals surface area contributed by atoms with Crippen molar-refractivity contribution in [3.05, 3.63) is 59.7 Å². The van der Waals surface area contributed by atoms with Gasteiger partial charge in [-0.2, -0.15) is 0 Å². The van der Waals surface area contributed by atoms with Crippen LogP contribution in [-0.2, 0) is 19.8 Å². The molecule has 1 N–H and O–H groups in total. The molecular weight excluding hydrogens is 525 g/mol. The summed E-state index contributed by atoms with van der Waals surface area (Å²) in [5.41, 5.74) is 0.493. The number of benzene rings is 2. The van der Waals surface area contributed by atoms with Gasteiger partial charge in [0.1, 0.15) is 11.5 Å². The molecule has 3 aliphatic heterocycles. The number of nitrogens with one attached hydrogen (secondary N) is 1. The lowest BCUT2D eigenvalue weighted by Gasteiger charge is -2.54. The molecule has 40 heavy (non-hydrogen) atoms. The molecule has 3 aliphatic rings. The van der Waals surface area contributed by atoms with Gasteiger partial charge in [-0.25, -0.2) is 0 Å². The molecule has 218 valence electrons. The van der Waals surface area contributed by atoms with E-state index in [1.54, 1.807) is 7.11 Å². The number of rotatable bonds is 9. The molecule has 2 aromatic rings. The van der Waals surface area contributed by atoms with E-state index in [0.717, 1.165) is 24.8 Å². The van der Waals surface area contributed by atoms with E-state index in [1.807, 2.05) is 18.2 Å². The normalized spacial score (nSPS) is 30.0. The average Bonchev–Trinajstić information content (AvgIpc) is 3.44. The van der Waals surface area contributed by atoms with Gasteiger partial charge >= 0.3 is 6.36 Å². The van der Waals surface area contributed by atoms with Gasteiger partial charge in [-0.3, -0.25) is 9.69 Å². The van der Waals surface area contributed by atoms with Gasteiger partial charge in [0.05, 0.1) is 30.8 Å². The number of piperidine rings is 1. The molecule has 1 unspecified atom stereocenters. The number of methoxy groups -OCH3 is 2. The zero-order valence-corrected chi connectivity index (χ0v) is 23.1. The molecule has 3 heterocycles. The molecule has 5 atom stereocenters. The largest absolute Gasteiger partial charge is 0.573 e. The molecule has 0 radical (unpaired) electrons. The zero-order valence-electron chi connectivity index (χ0n) is 23.1. The number of hydrogen-bond acceptors (Lipinski definition) is 6. The second-order valence-corrected chi connectivity index (χ2v) is 11.0. The highest BCUT2D eigenvalue weighted by Gasteiger charge is 2.68. The Morgan fingerprint density at radius 2 is 1.93 bits per heavy atom. The quantitative estimate of drug-likeness (QED) is 0.434. The lowest BCUT2D eigenvalue weighted by atomic mass is 9.66. The molecule has 5 rings (SSSR count). The predicted octanol–water partition coefficient (Wildman–Crippen LogP) is 5.00. The number of nitrogens with zero attached hydrogens (tertiary/aromatic N) is 1. The van der Waals surface area contributed by atoms with Gasteiger partial charge in [-0.15, -0.1) is 13.2 Å². The Balaban J connectivity index is 1.48. The third kappa shape index (κ3) is 5.05. The van der Waals surface area contributed by atoms with E-state index >= 15 is 0 Å². The third-order valence-electron chi connectivity index (χ3n) is 9.10. The minimum Gasteiger partial charge on any atom is -0.496 e. The smallest absolute Gasteiger partial charge is 0.496 e. The highest BCUT2D eigenvalue weighted by molar-refractivity contribution is 5.80. The van der Waals surface area contributed by atoms with Crippen LogP contribution in [0.5, 0.6) is 11.5 Å². The summed E-state index contributed by atoms with van der Waals surface area (Å²) in [6.45, 7) is 1.46. The van der Waals surface area contributed by atoms with Gasteiger partial charge in [-0.05, 0) is 62.9 Å². The Kier molecular flexibility index (Phi) is 8.05. The Hall–Kier alpha value is -2.82. The van der Waals surface area contributed by atoms with Crippen molar-refractivity contribution in [3.63, 3.8) is 0 Å². The third-order valence-corrected chi connectivity index (χ3v) is 9.10. The van der Waals surface area contributed by atoms with E-state index < -0.39 is 17.5 Å². The van der Waals surface area contributed by atoms with Gasteiger partial charge in [0.2, 0.25) is 5.91 Å². The molecule has 3 saturated heterocycles. The summed E-state index contributed by atoms with van der Waals surface area (Å²) in [7, 11) is 5.22. The second kappa shape index (κ2) is 11.2. The van der Waals surface area contributed by atoms with Crippen LogP contribution in [0.15, 0.2) is 48.5 Å². The number of alkyl halides is 3. The van der Waals surface area contributed by atoms with E-state index in [0.29, 0.717) is 43.9 Å². The minimum atomic E-state index is -4.79. The van der Waals surface area contributed by atoms with Crippen LogP contribution in [0, 0.1) is 5.92 Å². The van der Waals surface area contributed by atoms with Crippen molar-refractivity contribution in [2.75, 3.05) is 41.0 Å². The van der Waals surface area contributed by atoms with Crippen molar-refractivity contribution < 1.29 is 36.9 Å². The number of amides is 1. The summed E-state index contributed by atoms with van der Waals surface area (Å²) < 4.78 is 60.7. The highest BCUT2D eigenvalue weighted by Crippen LogP contribution is 2.63. The summed E-state index contributed by atoms with van der Waals surface area (Å²) in [6, 6.07) is 14.4. The van der Waals surface area contributed by atoms with Gasteiger partial charge in [0.25, 0.3) is 0 Å². The maximum Gasteiger partial charge on any atom is 0.573 e. The van der Waals surface area contributed by atoms with Crippen LogP contribution < -0.4 is 14.8 Å². The van der Waals surface area contributed by atoms with Crippen LogP contribution in [0.1, 0.15) is 49.1 Å². The maximum absolute atomic E-state index is 13.5. The van der Waals surface area contributed by atoms with E-state index in [-0.39, 0.29) is 29.5 Å². The van der Waals surface area contributed by atoms with Gasteiger partial charge in [0, 0.05) is 37.8 Å². The van der Waals surface area contributed by atoms with Crippen LogP contribution in [-0.4, -0.2) is 69.8 Å². The fraction of sp³-hybridized carbons (Fsp3) is 0.567. The minimum absolute atomic E-state index is 0.0380. The number of ether oxygens (including phenoxy) is 4. The number of fused-ring (bicyclic) bond motifs is 3. The Labute approximate surface area is 232 Å². The van der Waals surface area contributed by atoms with E-state index in [2.05, 4.69) is 34.1 Å². The van der Waals surface area contributed by atoms with Crippen LogP contribution in [0.25, 0.3) is 0 Å². The first-order valence-electron chi connectivity index (χ1n) is 13.8. The number of halogens is 3. The van der Waals surface area contributed by atoms with Gasteiger partial charge < -0.3 is 24.3 Å². The molecule has 3 fully saturated rings. The Morgan fingerprint density at radius 3 is 2.62 bits per heavy atom. The first kappa shape index (κ1) is 28.7. The van der Waals surface area contributed by atoms with Crippen LogP contribution in [0.2, 0.25) is 0 Å². The standard InChI is InChI=1S/C30H37F3N2O5/c1-35-25-12-13-28(17-20(19-39-28)23-16-22(40-30(31,32)33)10-11-26(23)38-3)29(35,21-8-5-4-6-9-21)18-24(25)27(36)34-14-7-15-37-2/h4-6,8-11,16,20,24-25H,7,12-15,17-19H2,1-3H3,(H,34,36)/t20-,24?,25+,28-,29-/m1/s1. The average molecular weight is 563 g/mol. The summed E-state index contributed by atoms with van der Waals surface area (Å²) >= 11 is 0. The van der Waals surface area contributed by atoms with Crippen LogP contribution in [0.3, 0.4) is 0 Å². The van der Waals surface area contributed by atoms with Crippen LogP contribution in [0.4, 0.5) is 13.2 Å². The van der Waals surface area contributed by atoms with E-state index in [4.69, 9.17) is 14.2 Å². The highest BCUT2D eigenvalue weighted by atomic mass is 19.4. The molecule has 0 aliphatic carbocycles.